The van der Waals surface area contributed by atoms with Crippen molar-refractivity contribution in [3.8, 4) is 0 Å². The van der Waals surface area contributed by atoms with E-state index in [-0.39, 0.29) is 23.5 Å². The van der Waals surface area contributed by atoms with Crippen molar-refractivity contribution in [2.45, 2.75) is 77.2 Å². The van der Waals surface area contributed by atoms with Gasteiger partial charge in [0.2, 0.25) is 5.91 Å². The zero-order valence-corrected chi connectivity index (χ0v) is 13.6. The summed E-state index contributed by atoms with van der Waals surface area (Å²) in [6.07, 6.45) is 2.27. The van der Waals surface area contributed by atoms with E-state index in [1.54, 1.807) is 0 Å². The Kier molecular flexibility index (Phi) is 5.45. The van der Waals surface area contributed by atoms with Crippen LogP contribution in [0.1, 0.15) is 52.9 Å². The van der Waals surface area contributed by atoms with Crippen molar-refractivity contribution in [3.05, 3.63) is 0 Å². The number of nitrogens with one attached hydrogen (secondary N) is 1. The lowest BCUT2D eigenvalue weighted by atomic mass is 9.58. The van der Waals surface area contributed by atoms with E-state index in [4.69, 9.17) is 14.6 Å². The third kappa shape index (κ3) is 2.99. The van der Waals surface area contributed by atoms with Crippen LogP contribution >= 0.6 is 0 Å². The van der Waals surface area contributed by atoms with Crippen molar-refractivity contribution in [2.24, 2.45) is 5.41 Å². The lowest BCUT2D eigenvalue weighted by Crippen LogP contribution is -2.65. The van der Waals surface area contributed by atoms with Crippen molar-refractivity contribution >= 4 is 11.9 Å². The van der Waals surface area contributed by atoms with Crippen LogP contribution in [0.4, 0.5) is 0 Å². The van der Waals surface area contributed by atoms with Crippen LogP contribution in [0, 0.1) is 5.41 Å². The third-order valence-electron chi connectivity index (χ3n) is 5.37. The number of hydrogen-bond acceptors (Lipinski definition) is 4. The molecule has 2 unspecified atom stereocenters. The molecule has 0 aromatic carbocycles. The minimum Gasteiger partial charge on any atom is -0.479 e. The molecule has 6 nitrogen and oxygen atoms in total. The summed E-state index contributed by atoms with van der Waals surface area (Å²) in [6, 6.07) is 0.0824. The van der Waals surface area contributed by atoms with E-state index >= 15 is 0 Å². The molecule has 0 aromatic rings. The van der Waals surface area contributed by atoms with Crippen molar-refractivity contribution in [3.63, 3.8) is 0 Å². The van der Waals surface area contributed by atoms with Crippen LogP contribution in [0.3, 0.4) is 0 Å². The minimum atomic E-state index is -0.994. The van der Waals surface area contributed by atoms with Crippen molar-refractivity contribution in [2.75, 3.05) is 6.61 Å². The van der Waals surface area contributed by atoms with Gasteiger partial charge in [-0.3, -0.25) is 4.79 Å². The fourth-order valence-electron chi connectivity index (χ4n) is 3.86. The van der Waals surface area contributed by atoms with Crippen LogP contribution in [0.25, 0.3) is 0 Å². The predicted molar refractivity (Wildman–Crippen MR) is 80.5 cm³/mol. The summed E-state index contributed by atoms with van der Waals surface area (Å²) in [6.45, 7) is 6.92. The van der Waals surface area contributed by atoms with Crippen LogP contribution in [-0.2, 0) is 19.1 Å². The molecule has 0 bridgehead atoms. The summed E-state index contributed by atoms with van der Waals surface area (Å²) in [5.41, 5.74) is -0.0174. The molecule has 2 N–H and O–H groups in total. The molecule has 22 heavy (non-hydrogen) atoms. The Morgan fingerprint density at radius 2 is 1.86 bits per heavy atom. The largest absolute Gasteiger partial charge is 0.479 e. The van der Waals surface area contributed by atoms with Crippen LogP contribution in [0.15, 0.2) is 0 Å². The number of rotatable bonds is 7. The molecule has 2 rings (SSSR count). The van der Waals surface area contributed by atoms with Gasteiger partial charge >= 0.3 is 5.97 Å². The summed E-state index contributed by atoms with van der Waals surface area (Å²) >= 11 is 0. The highest BCUT2D eigenvalue weighted by Crippen LogP contribution is 2.49. The molecule has 1 aliphatic carbocycles. The SMILES string of the molecule is CCOC1CC(NC(=O)[C@@H]2CC[C@H](C(=O)O)O2)C1(CC)CC. The first-order valence-electron chi connectivity index (χ1n) is 8.28. The highest BCUT2D eigenvalue weighted by Gasteiger charge is 2.54. The number of carbonyl (C=O) groups excluding carboxylic acids is 1. The second kappa shape index (κ2) is 6.96. The number of carbonyl (C=O) groups is 2. The Morgan fingerprint density at radius 3 is 2.36 bits per heavy atom. The second-order valence-electron chi connectivity index (χ2n) is 6.21. The molecule has 2 aliphatic rings. The van der Waals surface area contributed by atoms with E-state index in [1.165, 1.54) is 0 Å². The van der Waals surface area contributed by atoms with Gasteiger partial charge in [-0.25, -0.2) is 4.79 Å². The quantitative estimate of drug-likeness (QED) is 0.747. The number of ether oxygens (including phenoxy) is 2. The molecule has 0 aromatic heterocycles. The molecule has 0 radical (unpaired) electrons. The molecule has 1 heterocycles. The summed E-state index contributed by atoms with van der Waals surface area (Å²) in [5, 5.41) is 12.0. The lowest BCUT2D eigenvalue weighted by molar-refractivity contribution is -0.158. The Balaban J connectivity index is 1.93. The Labute approximate surface area is 131 Å². The molecule has 1 aliphatic heterocycles. The summed E-state index contributed by atoms with van der Waals surface area (Å²) in [4.78, 5) is 23.2. The maximum atomic E-state index is 12.3. The first-order chi connectivity index (χ1) is 10.5. The monoisotopic (exact) mass is 313 g/mol. The molecule has 4 atom stereocenters. The number of aliphatic carboxylic acids is 1. The Bertz CT molecular complexity index is 421. The van der Waals surface area contributed by atoms with Crippen LogP contribution in [0.2, 0.25) is 0 Å². The van der Waals surface area contributed by atoms with Gasteiger partial charge < -0.3 is 19.9 Å². The van der Waals surface area contributed by atoms with Gasteiger partial charge in [-0.05, 0) is 39.0 Å². The summed E-state index contributed by atoms with van der Waals surface area (Å²) in [5.74, 6) is -1.18. The molecule has 1 saturated carbocycles. The van der Waals surface area contributed by atoms with E-state index in [2.05, 4.69) is 19.2 Å². The maximum absolute atomic E-state index is 12.3. The van der Waals surface area contributed by atoms with Crippen molar-refractivity contribution < 1.29 is 24.2 Å². The smallest absolute Gasteiger partial charge is 0.332 e. The van der Waals surface area contributed by atoms with Crippen molar-refractivity contribution in [1.29, 1.82) is 0 Å². The van der Waals surface area contributed by atoms with E-state index in [9.17, 15) is 9.59 Å². The Morgan fingerprint density at radius 1 is 1.23 bits per heavy atom. The van der Waals surface area contributed by atoms with E-state index in [0.29, 0.717) is 19.4 Å². The molecule has 0 spiro atoms. The van der Waals surface area contributed by atoms with Crippen LogP contribution in [-0.4, -0.2) is 47.9 Å². The fourth-order valence-corrected chi connectivity index (χ4v) is 3.86. The first-order valence-corrected chi connectivity index (χ1v) is 8.28. The van der Waals surface area contributed by atoms with Crippen molar-refractivity contribution in [1.82, 2.24) is 5.32 Å². The van der Waals surface area contributed by atoms with Crippen LogP contribution in [0.5, 0.6) is 0 Å². The molecule has 1 saturated heterocycles. The lowest BCUT2D eigenvalue weighted by Gasteiger charge is -2.55. The molecular formula is C16H27NO5. The van der Waals surface area contributed by atoms with Gasteiger partial charge in [0.1, 0.15) is 6.10 Å². The maximum Gasteiger partial charge on any atom is 0.332 e. The number of hydrogen-bond donors (Lipinski definition) is 2. The van der Waals surface area contributed by atoms with Gasteiger partial charge in [0.05, 0.1) is 6.10 Å². The topological polar surface area (TPSA) is 84.9 Å². The highest BCUT2D eigenvalue weighted by atomic mass is 16.5. The third-order valence-corrected chi connectivity index (χ3v) is 5.37. The van der Waals surface area contributed by atoms with Gasteiger partial charge in [-0.2, -0.15) is 0 Å². The molecule has 1 amide bonds. The molecule has 6 heteroatoms. The Hall–Kier alpha value is -1.14. The molecule has 126 valence electrons. The zero-order chi connectivity index (χ0) is 16.3. The van der Waals surface area contributed by atoms with Gasteiger partial charge in [0, 0.05) is 18.1 Å². The minimum absolute atomic E-state index is 0.0174. The van der Waals surface area contributed by atoms with Gasteiger partial charge in [-0.1, -0.05) is 13.8 Å². The number of carboxylic acids is 1. The fraction of sp³-hybridized carbons (Fsp3) is 0.875. The number of carboxylic acid groups (broad SMARTS) is 1. The summed E-state index contributed by atoms with van der Waals surface area (Å²) in [7, 11) is 0. The average molecular weight is 313 g/mol. The van der Waals surface area contributed by atoms with Crippen LogP contribution < -0.4 is 5.32 Å². The predicted octanol–water partition coefficient (Wildman–Crippen LogP) is 1.72. The van der Waals surface area contributed by atoms with E-state index < -0.39 is 18.2 Å². The second-order valence-corrected chi connectivity index (χ2v) is 6.21. The van der Waals surface area contributed by atoms with Gasteiger partial charge in [0.15, 0.2) is 6.10 Å². The standard InChI is InChI=1S/C16H27NO5/c1-4-16(5-2)12(9-13(16)21-6-3)17-14(18)10-7-8-11(22-10)15(19)20/h10-13H,4-9H2,1-3H3,(H,17,18)(H,19,20)/t10-,11+,12?,13?/m0/s1. The van der Waals surface area contributed by atoms with E-state index in [0.717, 1.165) is 19.3 Å². The normalized spacial score (nSPS) is 33.2. The van der Waals surface area contributed by atoms with Gasteiger partial charge in [0.25, 0.3) is 0 Å². The number of amides is 1. The summed E-state index contributed by atoms with van der Waals surface area (Å²) < 4.78 is 11.1. The van der Waals surface area contributed by atoms with E-state index in [1.807, 2.05) is 6.92 Å². The van der Waals surface area contributed by atoms with Gasteiger partial charge in [-0.15, -0.1) is 0 Å². The first kappa shape index (κ1) is 17.2. The molecule has 2 fully saturated rings. The molecular weight excluding hydrogens is 286 g/mol. The highest BCUT2D eigenvalue weighted by molar-refractivity contribution is 5.83. The zero-order valence-electron chi connectivity index (χ0n) is 13.6. The average Bonchev–Trinajstić information content (AvgIpc) is 2.97.